The molecule has 10 heteroatoms. The van der Waals surface area contributed by atoms with Crippen molar-refractivity contribution in [3.05, 3.63) is 124 Å². The summed E-state index contributed by atoms with van der Waals surface area (Å²) in [6, 6.07) is 22.5. The number of halogens is 1. The third-order valence-electron chi connectivity index (χ3n) is 7.31. The molecule has 0 radical (unpaired) electrons. The smallest absolute Gasteiger partial charge is 0.268 e. The number of ether oxygens (including phenoxy) is 2. The molecule has 2 N–H and O–H groups in total. The van der Waals surface area contributed by atoms with Gasteiger partial charge in [-0.15, -0.1) is 0 Å². The minimum atomic E-state index is -0.669. The van der Waals surface area contributed by atoms with E-state index in [0.717, 1.165) is 5.69 Å². The Labute approximate surface area is 244 Å². The standard InChI is InChI=1S/C33H23FN4O5/c34-19-8-12-21(13-9-19)38-26-5-3-6-27(39)23(26)18-24(33(38)41)32(40)36-20-10-14-22(15-11-20)42-29-16-17-35-31-30(29)43-28-7-2-1-4-25(28)37-31/h1-2,4,7-18H,3,5-6H2,(H,35,37)(H,36,40). The maximum absolute atomic E-state index is 13.6. The Bertz CT molecular complexity index is 1970. The highest BCUT2D eigenvalue weighted by atomic mass is 19.1. The number of nitrogens with zero attached hydrogens (tertiary/aromatic N) is 2. The number of nitrogens with one attached hydrogen (secondary N) is 2. The molecule has 0 saturated carbocycles. The maximum atomic E-state index is 13.6. The van der Waals surface area contributed by atoms with E-state index in [4.69, 9.17) is 9.47 Å². The van der Waals surface area contributed by atoms with Gasteiger partial charge in [0, 0.05) is 41.3 Å². The van der Waals surface area contributed by atoms with Crippen molar-refractivity contribution in [2.24, 2.45) is 0 Å². The second kappa shape index (κ2) is 10.6. The van der Waals surface area contributed by atoms with Gasteiger partial charge in [-0.1, -0.05) is 12.1 Å². The Morgan fingerprint density at radius 1 is 0.977 bits per heavy atom. The van der Waals surface area contributed by atoms with Crippen molar-refractivity contribution in [3.63, 3.8) is 0 Å². The van der Waals surface area contributed by atoms with E-state index in [1.54, 1.807) is 36.5 Å². The highest BCUT2D eigenvalue weighted by molar-refractivity contribution is 6.06. The number of anilines is 3. The third-order valence-corrected chi connectivity index (χ3v) is 7.31. The Morgan fingerprint density at radius 3 is 2.58 bits per heavy atom. The van der Waals surface area contributed by atoms with Crippen LogP contribution in [0.1, 0.15) is 39.3 Å². The topological polar surface area (TPSA) is 112 Å². The lowest BCUT2D eigenvalue weighted by atomic mass is 9.92. The average molecular weight is 575 g/mol. The average Bonchev–Trinajstić information content (AvgIpc) is 3.02. The van der Waals surface area contributed by atoms with Gasteiger partial charge < -0.3 is 20.1 Å². The second-order valence-electron chi connectivity index (χ2n) is 10.1. The molecule has 5 aromatic rings. The first-order valence-electron chi connectivity index (χ1n) is 13.6. The van der Waals surface area contributed by atoms with E-state index in [9.17, 15) is 18.8 Å². The molecule has 9 nitrogen and oxygen atoms in total. The minimum Gasteiger partial charge on any atom is -0.453 e. The van der Waals surface area contributed by atoms with E-state index >= 15 is 0 Å². The van der Waals surface area contributed by atoms with Crippen LogP contribution in [0.4, 0.5) is 21.6 Å². The number of hydrogen-bond donors (Lipinski definition) is 2. The number of carbonyl (C=O) groups is 2. The SMILES string of the molecule is O=C1CCCc2c1cc(C(=O)Nc1ccc(Oc3ccnc4c3Oc3ccccc3N4)cc1)c(=O)n2-c1ccc(F)cc1. The summed E-state index contributed by atoms with van der Waals surface area (Å²) in [6.45, 7) is 0. The molecule has 0 spiro atoms. The van der Waals surface area contributed by atoms with Crippen LogP contribution in [-0.2, 0) is 6.42 Å². The molecule has 2 aliphatic rings. The number of benzene rings is 3. The summed E-state index contributed by atoms with van der Waals surface area (Å²) in [5, 5.41) is 5.96. The molecular weight excluding hydrogens is 551 g/mol. The van der Waals surface area contributed by atoms with Gasteiger partial charge in [-0.2, -0.15) is 0 Å². The van der Waals surface area contributed by atoms with Crippen molar-refractivity contribution in [1.82, 2.24) is 9.55 Å². The van der Waals surface area contributed by atoms with Crippen molar-refractivity contribution in [2.75, 3.05) is 10.6 Å². The molecule has 0 bridgehead atoms. The van der Waals surface area contributed by atoms with Crippen molar-refractivity contribution in [3.8, 4) is 28.7 Å². The molecule has 0 unspecified atom stereocenters. The highest BCUT2D eigenvalue weighted by Crippen LogP contribution is 2.46. The van der Waals surface area contributed by atoms with Crippen LogP contribution in [0, 0.1) is 5.82 Å². The van der Waals surface area contributed by atoms with E-state index in [1.165, 1.54) is 34.9 Å². The normalized spacial score (nSPS) is 13.1. The largest absolute Gasteiger partial charge is 0.453 e. The molecule has 3 aromatic carbocycles. The van der Waals surface area contributed by atoms with Crippen LogP contribution in [0.15, 0.2) is 95.9 Å². The van der Waals surface area contributed by atoms with Gasteiger partial charge in [-0.3, -0.25) is 19.0 Å². The van der Waals surface area contributed by atoms with Crippen molar-refractivity contribution in [2.45, 2.75) is 19.3 Å². The van der Waals surface area contributed by atoms with Crippen LogP contribution in [0.25, 0.3) is 5.69 Å². The maximum Gasteiger partial charge on any atom is 0.268 e. The van der Waals surface area contributed by atoms with Crippen LogP contribution in [0.2, 0.25) is 0 Å². The second-order valence-corrected chi connectivity index (χ2v) is 10.1. The lowest BCUT2D eigenvalue weighted by Crippen LogP contribution is -2.33. The molecule has 1 aliphatic heterocycles. The number of pyridine rings is 2. The zero-order valence-electron chi connectivity index (χ0n) is 22.6. The first-order chi connectivity index (χ1) is 20.9. The van der Waals surface area contributed by atoms with Crippen LogP contribution in [0.3, 0.4) is 0 Å². The molecule has 7 rings (SSSR count). The molecular formula is C33H23FN4O5. The zero-order valence-corrected chi connectivity index (χ0v) is 22.6. The number of hydrogen-bond acceptors (Lipinski definition) is 7. The fourth-order valence-electron chi connectivity index (χ4n) is 5.24. The van der Waals surface area contributed by atoms with Gasteiger partial charge in [0.25, 0.3) is 11.5 Å². The van der Waals surface area contributed by atoms with Gasteiger partial charge in [0.05, 0.1) is 5.69 Å². The van der Waals surface area contributed by atoms with Crippen molar-refractivity contribution >= 4 is 28.9 Å². The zero-order chi connectivity index (χ0) is 29.5. The number of rotatable bonds is 5. The van der Waals surface area contributed by atoms with E-state index in [2.05, 4.69) is 15.6 Å². The summed E-state index contributed by atoms with van der Waals surface area (Å²) in [4.78, 5) is 44.0. The van der Waals surface area contributed by atoms with Gasteiger partial charge in [0.1, 0.15) is 17.1 Å². The number of aromatic nitrogens is 2. The van der Waals surface area contributed by atoms with Crippen LogP contribution < -0.4 is 25.7 Å². The summed E-state index contributed by atoms with van der Waals surface area (Å²) in [7, 11) is 0. The summed E-state index contributed by atoms with van der Waals surface area (Å²) in [6.07, 6.45) is 3.01. The van der Waals surface area contributed by atoms with E-state index in [1.807, 2.05) is 24.3 Å². The molecule has 1 aliphatic carbocycles. The lowest BCUT2D eigenvalue weighted by molar-refractivity contribution is 0.0971. The minimum absolute atomic E-state index is 0.145. The molecule has 212 valence electrons. The third kappa shape index (κ3) is 4.88. The molecule has 2 aromatic heterocycles. The number of Topliss-reactive ketones (excluding diaryl/α,β-unsaturated/α-hetero) is 1. The van der Waals surface area contributed by atoms with Gasteiger partial charge in [-0.25, -0.2) is 9.37 Å². The Kier molecular flexibility index (Phi) is 6.43. The van der Waals surface area contributed by atoms with Gasteiger partial charge in [0.15, 0.2) is 23.1 Å². The van der Waals surface area contributed by atoms with Gasteiger partial charge >= 0.3 is 0 Å². The molecule has 0 fully saturated rings. The first-order valence-corrected chi connectivity index (χ1v) is 13.6. The number of para-hydroxylation sites is 2. The Balaban J connectivity index is 1.14. The summed E-state index contributed by atoms with van der Waals surface area (Å²) >= 11 is 0. The summed E-state index contributed by atoms with van der Waals surface area (Å²) in [5.74, 6) is 1.27. The van der Waals surface area contributed by atoms with E-state index < -0.39 is 17.3 Å². The number of carbonyl (C=O) groups excluding carboxylic acids is 2. The van der Waals surface area contributed by atoms with E-state index in [0.29, 0.717) is 70.7 Å². The number of amides is 1. The fraction of sp³-hybridized carbons (Fsp3) is 0.0909. The highest BCUT2D eigenvalue weighted by Gasteiger charge is 2.27. The summed E-state index contributed by atoms with van der Waals surface area (Å²) in [5.41, 5.74) is 1.66. The van der Waals surface area contributed by atoms with Crippen LogP contribution in [0.5, 0.6) is 23.0 Å². The van der Waals surface area contributed by atoms with Crippen LogP contribution in [-0.4, -0.2) is 21.2 Å². The van der Waals surface area contributed by atoms with Crippen molar-refractivity contribution < 1.29 is 23.5 Å². The lowest BCUT2D eigenvalue weighted by Gasteiger charge is -2.22. The fourth-order valence-corrected chi connectivity index (χ4v) is 5.24. The predicted octanol–water partition coefficient (Wildman–Crippen LogP) is 6.78. The van der Waals surface area contributed by atoms with Crippen LogP contribution >= 0.6 is 0 Å². The van der Waals surface area contributed by atoms with Gasteiger partial charge in [0.2, 0.25) is 5.75 Å². The molecule has 1 amide bonds. The first kappa shape index (κ1) is 26.1. The molecule has 0 atom stereocenters. The number of ketones is 1. The Hall–Kier alpha value is -5.77. The van der Waals surface area contributed by atoms with Crippen molar-refractivity contribution in [1.29, 1.82) is 0 Å². The predicted molar refractivity (Wildman–Crippen MR) is 158 cm³/mol. The monoisotopic (exact) mass is 574 g/mol. The molecule has 43 heavy (non-hydrogen) atoms. The molecule has 0 saturated heterocycles. The quantitative estimate of drug-likeness (QED) is 0.233. The Morgan fingerprint density at radius 2 is 1.77 bits per heavy atom. The van der Waals surface area contributed by atoms with Gasteiger partial charge in [-0.05, 0) is 79.6 Å². The number of fused-ring (bicyclic) bond motifs is 3. The van der Waals surface area contributed by atoms with E-state index in [-0.39, 0.29) is 11.3 Å². The summed E-state index contributed by atoms with van der Waals surface area (Å²) < 4.78 is 27.0. The molecule has 3 heterocycles.